The first-order valence-corrected chi connectivity index (χ1v) is 3.58. The van der Waals surface area contributed by atoms with E-state index in [2.05, 4.69) is 4.99 Å². The van der Waals surface area contributed by atoms with Crippen LogP contribution in [0.25, 0.3) is 0 Å². The van der Waals surface area contributed by atoms with E-state index < -0.39 is 5.97 Å². The van der Waals surface area contributed by atoms with E-state index in [1.807, 2.05) is 0 Å². The Labute approximate surface area is 64.9 Å². The number of hydrogen-bond acceptors (Lipinski definition) is 3. The van der Waals surface area contributed by atoms with Crippen molar-refractivity contribution in [2.45, 2.75) is 25.9 Å². The fourth-order valence-electron chi connectivity index (χ4n) is 0.981. The zero-order chi connectivity index (χ0) is 8.27. The summed E-state index contributed by atoms with van der Waals surface area (Å²) in [6, 6.07) is 0. The fraction of sp³-hybridized carbons (Fsp3) is 0.714. The van der Waals surface area contributed by atoms with Crippen molar-refractivity contribution in [3.63, 3.8) is 0 Å². The highest BCUT2D eigenvalue weighted by atomic mass is 16.5. The van der Waals surface area contributed by atoms with Crippen molar-refractivity contribution in [3.05, 3.63) is 0 Å². The fourth-order valence-corrected chi connectivity index (χ4v) is 0.981. The molecule has 62 valence electrons. The molecule has 4 nitrogen and oxygen atoms in total. The summed E-state index contributed by atoms with van der Waals surface area (Å²) in [5.41, 5.74) is 0. The van der Waals surface area contributed by atoms with Gasteiger partial charge in [-0.3, -0.25) is 9.79 Å². The van der Waals surface area contributed by atoms with Crippen LogP contribution >= 0.6 is 0 Å². The highest BCUT2D eigenvalue weighted by molar-refractivity contribution is 5.74. The summed E-state index contributed by atoms with van der Waals surface area (Å²) in [6.07, 6.45) is 0.704. The molecule has 4 heteroatoms. The molecule has 1 aliphatic heterocycles. The number of rotatable bonds is 3. The van der Waals surface area contributed by atoms with Crippen LogP contribution in [0.15, 0.2) is 4.99 Å². The van der Waals surface area contributed by atoms with E-state index in [4.69, 9.17) is 9.84 Å². The molecule has 1 atom stereocenters. The van der Waals surface area contributed by atoms with Gasteiger partial charge in [-0.1, -0.05) is 0 Å². The van der Waals surface area contributed by atoms with Crippen LogP contribution in [0, 0.1) is 0 Å². The summed E-state index contributed by atoms with van der Waals surface area (Å²) in [5, 5.41) is 8.35. The van der Waals surface area contributed by atoms with E-state index in [-0.39, 0.29) is 12.5 Å². The number of aliphatic imine (C=N–C) groups is 1. The number of carboxylic acids is 1. The maximum absolute atomic E-state index is 10.1. The van der Waals surface area contributed by atoms with Crippen LogP contribution in [0.1, 0.15) is 19.8 Å². The number of aliphatic carboxylic acids is 1. The van der Waals surface area contributed by atoms with Gasteiger partial charge in [0.05, 0.1) is 6.54 Å². The molecule has 1 rings (SSSR count). The minimum absolute atomic E-state index is 0.00824. The molecule has 1 heterocycles. The van der Waals surface area contributed by atoms with Crippen molar-refractivity contribution in [1.82, 2.24) is 0 Å². The lowest BCUT2D eigenvalue weighted by Crippen LogP contribution is -2.13. The summed E-state index contributed by atoms with van der Waals surface area (Å²) in [7, 11) is 0. The van der Waals surface area contributed by atoms with Crippen LogP contribution in [-0.2, 0) is 9.53 Å². The average molecular weight is 157 g/mol. The molecule has 1 unspecified atom stereocenters. The van der Waals surface area contributed by atoms with Crippen molar-refractivity contribution in [2.75, 3.05) is 6.54 Å². The Morgan fingerprint density at radius 3 is 3.09 bits per heavy atom. The molecule has 0 spiro atoms. The molecule has 0 fully saturated rings. The summed E-state index contributed by atoms with van der Waals surface area (Å²) in [6.45, 7) is 2.39. The third kappa shape index (κ3) is 2.57. The van der Waals surface area contributed by atoms with Gasteiger partial charge in [0.25, 0.3) is 0 Å². The predicted octanol–water partition coefficient (Wildman–Crippen LogP) is 0.668. The van der Waals surface area contributed by atoms with Gasteiger partial charge in [0.2, 0.25) is 0 Å². The average Bonchev–Trinajstić information content (AvgIpc) is 2.31. The topological polar surface area (TPSA) is 58.9 Å². The standard InChI is InChI=1S/C7H11NO3/c1-5-8-4-6(11-5)2-3-7(9)10/h6H,2-4H2,1H3,(H,9,10). The summed E-state index contributed by atoms with van der Waals surface area (Å²) >= 11 is 0. The molecule has 1 aliphatic rings. The van der Waals surface area contributed by atoms with Crippen LogP contribution in [-0.4, -0.2) is 29.6 Å². The van der Waals surface area contributed by atoms with Crippen molar-refractivity contribution in [1.29, 1.82) is 0 Å². The zero-order valence-electron chi connectivity index (χ0n) is 6.41. The van der Waals surface area contributed by atoms with Crippen molar-refractivity contribution in [3.8, 4) is 0 Å². The second-order valence-corrected chi connectivity index (χ2v) is 2.53. The highest BCUT2D eigenvalue weighted by Gasteiger charge is 2.17. The molecule has 0 saturated heterocycles. The summed E-state index contributed by atoms with van der Waals surface area (Å²) < 4.78 is 5.20. The molecule has 0 bridgehead atoms. The monoisotopic (exact) mass is 157 g/mol. The van der Waals surface area contributed by atoms with Crippen LogP contribution in [0.5, 0.6) is 0 Å². The third-order valence-corrected chi connectivity index (χ3v) is 1.53. The molecular weight excluding hydrogens is 146 g/mol. The first kappa shape index (κ1) is 8.04. The van der Waals surface area contributed by atoms with Gasteiger partial charge >= 0.3 is 5.97 Å². The van der Waals surface area contributed by atoms with Gasteiger partial charge in [-0.2, -0.15) is 0 Å². The minimum atomic E-state index is -0.779. The normalized spacial score (nSPS) is 22.6. The second-order valence-electron chi connectivity index (χ2n) is 2.53. The van der Waals surface area contributed by atoms with Gasteiger partial charge in [0.1, 0.15) is 6.10 Å². The lowest BCUT2D eigenvalue weighted by atomic mass is 10.2. The number of carboxylic acid groups (broad SMARTS) is 1. The first-order valence-electron chi connectivity index (χ1n) is 3.58. The van der Waals surface area contributed by atoms with Crippen LogP contribution in [0.4, 0.5) is 0 Å². The van der Waals surface area contributed by atoms with Gasteiger partial charge < -0.3 is 9.84 Å². The predicted molar refractivity (Wildman–Crippen MR) is 39.7 cm³/mol. The molecule has 0 saturated carbocycles. The molecule has 0 aromatic heterocycles. The molecule has 11 heavy (non-hydrogen) atoms. The molecule has 1 N–H and O–H groups in total. The third-order valence-electron chi connectivity index (χ3n) is 1.53. The number of nitrogens with zero attached hydrogens (tertiary/aromatic N) is 1. The quantitative estimate of drug-likeness (QED) is 0.655. The summed E-state index contributed by atoms with van der Waals surface area (Å²) in [4.78, 5) is 14.1. The maximum Gasteiger partial charge on any atom is 0.303 e. The van der Waals surface area contributed by atoms with E-state index in [1.54, 1.807) is 6.92 Å². The Morgan fingerprint density at radius 2 is 2.64 bits per heavy atom. The van der Waals surface area contributed by atoms with E-state index in [0.717, 1.165) is 0 Å². The Kier molecular flexibility index (Phi) is 2.46. The first-order chi connectivity index (χ1) is 5.18. The van der Waals surface area contributed by atoms with E-state index >= 15 is 0 Å². The molecule has 0 aromatic rings. The number of hydrogen-bond donors (Lipinski definition) is 1. The second kappa shape index (κ2) is 3.37. The minimum Gasteiger partial charge on any atom is -0.481 e. The molecular formula is C7H11NO3. The molecule has 0 amide bonds. The Morgan fingerprint density at radius 1 is 1.91 bits per heavy atom. The lowest BCUT2D eigenvalue weighted by Gasteiger charge is -2.06. The zero-order valence-corrected chi connectivity index (χ0v) is 6.41. The molecule has 0 aromatic carbocycles. The van der Waals surface area contributed by atoms with Crippen LogP contribution < -0.4 is 0 Å². The van der Waals surface area contributed by atoms with Crippen molar-refractivity contribution in [2.24, 2.45) is 4.99 Å². The largest absolute Gasteiger partial charge is 0.481 e. The molecule has 0 radical (unpaired) electrons. The summed E-state index contributed by atoms with van der Waals surface area (Å²) in [5.74, 6) is -0.112. The van der Waals surface area contributed by atoms with Crippen LogP contribution in [0.2, 0.25) is 0 Å². The van der Waals surface area contributed by atoms with E-state index in [1.165, 1.54) is 0 Å². The van der Waals surface area contributed by atoms with Crippen LogP contribution in [0.3, 0.4) is 0 Å². The Bertz CT molecular complexity index is 188. The van der Waals surface area contributed by atoms with Gasteiger partial charge in [0, 0.05) is 13.3 Å². The molecule has 0 aliphatic carbocycles. The number of carbonyl (C=O) groups is 1. The smallest absolute Gasteiger partial charge is 0.303 e. The van der Waals surface area contributed by atoms with Crippen molar-refractivity contribution < 1.29 is 14.6 Å². The Balaban J connectivity index is 2.16. The lowest BCUT2D eigenvalue weighted by molar-refractivity contribution is -0.137. The Hall–Kier alpha value is -1.06. The number of ether oxygens (including phenoxy) is 1. The SMILES string of the molecule is CC1=NCC(CCC(=O)O)O1. The van der Waals surface area contributed by atoms with Crippen molar-refractivity contribution >= 4 is 11.9 Å². The highest BCUT2D eigenvalue weighted by Crippen LogP contribution is 2.09. The van der Waals surface area contributed by atoms with Gasteiger partial charge in [0.15, 0.2) is 5.90 Å². The van der Waals surface area contributed by atoms with E-state index in [0.29, 0.717) is 18.9 Å². The van der Waals surface area contributed by atoms with Gasteiger partial charge in [-0.25, -0.2) is 0 Å². The van der Waals surface area contributed by atoms with E-state index in [9.17, 15) is 4.79 Å². The van der Waals surface area contributed by atoms with Gasteiger partial charge in [-0.05, 0) is 6.42 Å². The van der Waals surface area contributed by atoms with Gasteiger partial charge in [-0.15, -0.1) is 0 Å². The maximum atomic E-state index is 10.1.